The van der Waals surface area contributed by atoms with E-state index in [9.17, 15) is 19.7 Å². The summed E-state index contributed by atoms with van der Waals surface area (Å²) in [7, 11) is 0. The molecule has 1 atom stereocenters. The fraction of sp³-hybridized carbons (Fsp3) is 0.333. The van der Waals surface area contributed by atoms with Gasteiger partial charge in [-0.05, 0) is 18.6 Å². The largest absolute Gasteiger partial charge is 0.354 e. The number of nitro benzene ring substituents is 1. The monoisotopic (exact) mass is 293 g/mol. The summed E-state index contributed by atoms with van der Waals surface area (Å²) in [5.41, 5.74) is 2.31. The lowest BCUT2D eigenvalue weighted by Gasteiger charge is -2.23. The first-order valence-electron chi connectivity index (χ1n) is 6.34. The molecule has 9 heteroatoms. The number of nitro groups is 1. The zero-order chi connectivity index (χ0) is 15.4. The van der Waals surface area contributed by atoms with Crippen LogP contribution in [0.2, 0.25) is 0 Å². The van der Waals surface area contributed by atoms with Crippen LogP contribution in [0, 0.1) is 10.1 Å². The number of anilines is 1. The minimum atomic E-state index is -0.590. The zero-order valence-corrected chi connectivity index (χ0v) is 11.1. The smallest absolute Gasteiger partial charge is 0.293 e. The average molecular weight is 293 g/mol. The molecule has 0 bridgehead atoms. The second-order valence-corrected chi connectivity index (χ2v) is 4.65. The first-order chi connectivity index (χ1) is 10.0. The molecule has 1 saturated heterocycles. The number of hydrogen-bond acceptors (Lipinski definition) is 6. The number of nitrogens with two attached hydrogens (primary N) is 1. The van der Waals surface area contributed by atoms with Gasteiger partial charge in [-0.15, -0.1) is 0 Å². The van der Waals surface area contributed by atoms with Crippen molar-refractivity contribution in [1.82, 2.24) is 10.6 Å². The Bertz CT molecular complexity index is 579. The van der Waals surface area contributed by atoms with E-state index in [0.29, 0.717) is 19.4 Å². The van der Waals surface area contributed by atoms with E-state index in [1.54, 1.807) is 0 Å². The number of rotatable bonds is 4. The van der Waals surface area contributed by atoms with Gasteiger partial charge in [0, 0.05) is 30.6 Å². The van der Waals surface area contributed by atoms with E-state index in [-0.39, 0.29) is 34.8 Å². The van der Waals surface area contributed by atoms with Gasteiger partial charge >= 0.3 is 0 Å². The van der Waals surface area contributed by atoms with E-state index in [0.717, 1.165) is 0 Å². The number of nitrogens with zero attached hydrogens (tertiary/aromatic N) is 1. The number of piperidine rings is 1. The summed E-state index contributed by atoms with van der Waals surface area (Å²) in [5.74, 6) is 4.81. The second kappa shape index (κ2) is 6.18. The van der Waals surface area contributed by atoms with Crippen molar-refractivity contribution in [2.45, 2.75) is 18.9 Å². The lowest BCUT2D eigenvalue weighted by Crippen LogP contribution is -2.47. The fourth-order valence-electron chi connectivity index (χ4n) is 2.08. The minimum absolute atomic E-state index is 0.0366. The molecule has 112 valence electrons. The Hall–Kier alpha value is -2.68. The van der Waals surface area contributed by atoms with Crippen molar-refractivity contribution in [3.05, 3.63) is 33.9 Å². The number of carbonyl (C=O) groups excluding carboxylic acids is 2. The van der Waals surface area contributed by atoms with Crippen LogP contribution in [0.15, 0.2) is 18.2 Å². The predicted octanol–water partition coefficient (Wildman–Crippen LogP) is -0.111. The maximum absolute atomic E-state index is 12.1. The summed E-state index contributed by atoms with van der Waals surface area (Å²) in [4.78, 5) is 33.3. The summed E-state index contributed by atoms with van der Waals surface area (Å²) in [6.45, 7) is 0.375. The van der Waals surface area contributed by atoms with Crippen molar-refractivity contribution in [1.29, 1.82) is 0 Å². The van der Waals surface area contributed by atoms with Gasteiger partial charge in [0.15, 0.2) is 0 Å². The highest BCUT2D eigenvalue weighted by atomic mass is 16.6. The molecule has 0 saturated carbocycles. The molecule has 21 heavy (non-hydrogen) atoms. The van der Waals surface area contributed by atoms with E-state index in [1.165, 1.54) is 18.2 Å². The van der Waals surface area contributed by atoms with Gasteiger partial charge < -0.3 is 16.1 Å². The molecule has 9 nitrogen and oxygen atoms in total. The normalized spacial score (nSPS) is 17.8. The molecule has 1 aromatic rings. The van der Waals surface area contributed by atoms with Crippen molar-refractivity contribution >= 4 is 23.2 Å². The Labute approximate surface area is 120 Å². The number of hydrogen-bond donors (Lipinski definition) is 4. The third-order valence-electron chi connectivity index (χ3n) is 3.21. The minimum Gasteiger partial charge on any atom is -0.354 e. The number of nitrogens with one attached hydrogen (secondary N) is 3. The standard InChI is InChI=1S/C12H15N5O4/c13-16-9-5-7(1-3-10(9)17(20)21)12(19)15-8-2-4-11(18)14-6-8/h1,3,5,8,16H,2,4,6,13H2,(H,14,18)(H,15,19). The van der Waals surface area contributed by atoms with Gasteiger partial charge in [-0.2, -0.15) is 0 Å². The van der Waals surface area contributed by atoms with E-state index < -0.39 is 4.92 Å². The quantitative estimate of drug-likeness (QED) is 0.347. The van der Waals surface area contributed by atoms with Crippen LogP contribution in [0.4, 0.5) is 11.4 Å². The molecule has 0 radical (unpaired) electrons. The van der Waals surface area contributed by atoms with E-state index >= 15 is 0 Å². The maximum atomic E-state index is 12.1. The summed E-state index contributed by atoms with van der Waals surface area (Å²) in [6.07, 6.45) is 0.924. The maximum Gasteiger partial charge on any atom is 0.293 e. The second-order valence-electron chi connectivity index (χ2n) is 4.65. The number of carbonyl (C=O) groups is 2. The molecule has 0 aliphatic carbocycles. The number of amides is 2. The van der Waals surface area contributed by atoms with Gasteiger partial charge in [0.25, 0.3) is 11.6 Å². The van der Waals surface area contributed by atoms with E-state index in [1.807, 2.05) is 0 Å². The topological polar surface area (TPSA) is 139 Å². The molecule has 1 fully saturated rings. The molecule has 2 rings (SSSR count). The number of nitrogen functional groups attached to an aromatic ring is 1. The van der Waals surface area contributed by atoms with Crippen LogP contribution in [0.1, 0.15) is 23.2 Å². The molecular weight excluding hydrogens is 278 g/mol. The predicted molar refractivity (Wildman–Crippen MR) is 74.4 cm³/mol. The highest BCUT2D eigenvalue weighted by molar-refractivity contribution is 5.96. The van der Waals surface area contributed by atoms with Crippen LogP contribution in [-0.4, -0.2) is 29.3 Å². The Morgan fingerprint density at radius 2 is 2.24 bits per heavy atom. The molecule has 1 aliphatic heterocycles. The summed E-state index contributed by atoms with van der Waals surface area (Å²) in [6, 6.07) is 3.73. The molecule has 0 spiro atoms. The molecular formula is C12H15N5O4. The lowest BCUT2D eigenvalue weighted by atomic mass is 10.1. The Morgan fingerprint density at radius 1 is 1.48 bits per heavy atom. The third-order valence-corrected chi connectivity index (χ3v) is 3.21. The SMILES string of the molecule is NNc1cc(C(=O)NC2CCC(=O)NC2)ccc1[N+](=O)[O-]. The van der Waals surface area contributed by atoms with Crippen LogP contribution < -0.4 is 21.9 Å². The van der Waals surface area contributed by atoms with Crippen molar-refractivity contribution in [2.24, 2.45) is 5.84 Å². The first-order valence-corrected chi connectivity index (χ1v) is 6.34. The van der Waals surface area contributed by atoms with Crippen LogP contribution in [-0.2, 0) is 4.79 Å². The Morgan fingerprint density at radius 3 is 2.81 bits per heavy atom. The lowest BCUT2D eigenvalue weighted by molar-refractivity contribution is -0.384. The van der Waals surface area contributed by atoms with E-state index in [4.69, 9.17) is 5.84 Å². The van der Waals surface area contributed by atoms with Crippen molar-refractivity contribution in [3.8, 4) is 0 Å². The molecule has 0 aromatic heterocycles. The highest BCUT2D eigenvalue weighted by Gasteiger charge is 2.21. The van der Waals surface area contributed by atoms with Crippen LogP contribution in [0.5, 0.6) is 0 Å². The number of hydrazine groups is 1. The molecule has 1 aliphatic rings. The summed E-state index contributed by atoms with van der Waals surface area (Å²) < 4.78 is 0. The molecule has 5 N–H and O–H groups in total. The Kier molecular flexibility index (Phi) is 4.33. The van der Waals surface area contributed by atoms with Crippen molar-refractivity contribution < 1.29 is 14.5 Å². The van der Waals surface area contributed by atoms with Crippen molar-refractivity contribution in [2.75, 3.05) is 12.0 Å². The van der Waals surface area contributed by atoms with Crippen LogP contribution in [0.3, 0.4) is 0 Å². The highest BCUT2D eigenvalue weighted by Crippen LogP contribution is 2.24. The van der Waals surface area contributed by atoms with Gasteiger partial charge in [-0.25, -0.2) is 0 Å². The van der Waals surface area contributed by atoms with Crippen LogP contribution in [0.25, 0.3) is 0 Å². The third kappa shape index (κ3) is 3.45. The Balaban J connectivity index is 2.09. The molecule has 1 unspecified atom stereocenters. The molecule has 2 amide bonds. The summed E-state index contributed by atoms with van der Waals surface area (Å²) in [5, 5.41) is 16.2. The first kappa shape index (κ1) is 14.7. The van der Waals surface area contributed by atoms with E-state index in [2.05, 4.69) is 16.1 Å². The fourth-order valence-corrected chi connectivity index (χ4v) is 2.08. The zero-order valence-electron chi connectivity index (χ0n) is 11.1. The van der Waals surface area contributed by atoms with Gasteiger partial charge in [-0.1, -0.05) is 0 Å². The van der Waals surface area contributed by atoms with Gasteiger partial charge in [0.05, 0.1) is 4.92 Å². The van der Waals surface area contributed by atoms with Crippen molar-refractivity contribution in [3.63, 3.8) is 0 Å². The molecule has 1 aromatic carbocycles. The molecule has 1 heterocycles. The number of benzene rings is 1. The average Bonchev–Trinajstić information content (AvgIpc) is 2.48. The van der Waals surface area contributed by atoms with Gasteiger partial charge in [0.1, 0.15) is 5.69 Å². The van der Waals surface area contributed by atoms with Gasteiger partial charge in [0.2, 0.25) is 5.91 Å². The van der Waals surface area contributed by atoms with Gasteiger partial charge in [-0.3, -0.25) is 25.5 Å². The van der Waals surface area contributed by atoms with Crippen LogP contribution >= 0.6 is 0 Å². The summed E-state index contributed by atoms with van der Waals surface area (Å²) >= 11 is 0.